The molecule has 7 N–H and O–H groups in total. The normalized spacial score (nSPS) is 28.4. The number of nitrogens with zero attached hydrogens (tertiary/aromatic N) is 6. The van der Waals surface area contributed by atoms with Crippen LogP contribution in [0.4, 0.5) is 11.9 Å². The molecule has 0 saturated carbocycles. The minimum Gasteiger partial charge on any atom is -0.756 e. The molecule has 3 aromatic heterocycles. The largest absolute Gasteiger partial charge is 1.00 e. The molecule has 5 heterocycles. The molecule has 7 unspecified atom stereocenters. The standard InChI is InChI=1S/C18H24N9O10P.Na/c19-16-22-6-27(18(31)25-16)12-2-8(9(3-28)35-12)37-38(32,33)34-4-10-7(29)1-11(36-10)26-5-21-13-14(26)23-17(20)24-15(13)30;/h5-12,28-29H,1-4H2,(H,32,33)(H2,19,25,31)(H3,20,23,24,30);/q;+1/p-1. The van der Waals surface area contributed by atoms with Crippen LogP contribution in [-0.2, 0) is 23.1 Å². The van der Waals surface area contributed by atoms with Crippen molar-refractivity contribution in [2.75, 3.05) is 24.7 Å². The SMILES string of the molecule is Nc1ncn(C2CC(OP(=O)([O-])OCC3OC(n4cnc5c(=O)[nH]c(N)nc54)CC3O)C(CO)O2)c(=O)n1.[Na+]. The number of nitrogen functional groups attached to an aromatic ring is 2. The van der Waals surface area contributed by atoms with E-state index in [1.54, 1.807) is 0 Å². The van der Waals surface area contributed by atoms with Crippen molar-refractivity contribution in [3.8, 4) is 0 Å². The number of hydrogen-bond donors (Lipinski definition) is 5. The third kappa shape index (κ3) is 6.23. The van der Waals surface area contributed by atoms with Crippen molar-refractivity contribution in [2.24, 2.45) is 0 Å². The number of aliphatic hydroxyl groups excluding tert-OH is 2. The Bertz CT molecular complexity index is 1500. The number of imidazole rings is 1. The average molecular weight is 579 g/mol. The van der Waals surface area contributed by atoms with Crippen LogP contribution in [0.3, 0.4) is 0 Å². The number of aromatic nitrogens is 7. The predicted octanol–water partition coefficient (Wildman–Crippen LogP) is -6.26. The van der Waals surface area contributed by atoms with E-state index in [9.17, 15) is 29.3 Å². The van der Waals surface area contributed by atoms with Gasteiger partial charge in [0.2, 0.25) is 11.9 Å². The summed E-state index contributed by atoms with van der Waals surface area (Å²) in [6.07, 6.45) is -4.16. The zero-order chi connectivity index (χ0) is 27.2. The van der Waals surface area contributed by atoms with Crippen LogP contribution < -0.4 is 57.2 Å². The third-order valence-electron chi connectivity index (χ3n) is 6.04. The first-order valence-corrected chi connectivity index (χ1v) is 12.7. The molecule has 2 saturated heterocycles. The number of fused-ring (bicyclic) bond motifs is 1. The van der Waals surface area contributed by atoms with Crippen LogP contribution >= 0.6 is 7.82 Å². The van der Waals surface area contributed by atoms with Gasteiger partial charge >= 0.3 is 35.2 Å². The van der Waals surface area contributed by atoms with E-state index in [1.165, 1.54) is 10.9 Å². The van der Waals surface area contributed by atoms with E-state index < -0.39 is 69.2 Å². The molecule has 2 aliphatic heterocycles. The van der Waals surface area contributed by atoms with Crippen molar-refractivity contribution in [2.45, 2.75) is 49.7 Å². The fourth-order valence-electron chi connectivity index (χ4n) is 4.25. The summed E-state index contributed by atoms with van der Waals surface area (Å²) in [4.78, 5) is 54.1. The number of rotatable bonds is 8. The number of aromatic amines is 1. The number of nitrogens with two attached hydrogens (primary N) is 2. The number of nitrogens with one attached hydrogen (secondary N) is 1. The van der Waals surface area contributed by atoms with Crippen molar-refractivity contribution in [3.63, 3.8) is 0 Å². The number of phosphoric acid groups is 1. The Morgan fingerprint density at radius 2 is 1.82 bits per heavy atom. The summed E-state index contributed by atoms with van der Waals surface area (Å²) < 4.78 is 36.2. The Hall–Kier alpha value is -2.29. The van der Waals surface area contributed by atoms with Crippen molar-refractivity contribution in [1.29, 1.82) is 0 Å². The molecule has 39 heavy (non-hydrogen) atoms. The van der Waals surface area contributed by atoms with Gasteiger partial charge in [-0.15, -0.1) is 0 Å². The molecule has 206 valence electrons. The molecular formula is C18H23N9NaO10P. The maximum atomic E-state index is 12.5. The van der Waals surface area contributed by atoms with Crippen LogP contribution in [0.2, 0.25) is 0 Å². The number of phosphoric ester groups is 1. The van der Waals surface area contributed by atoms with E-state index in [0.29, 0.717) is 0 Å². The maximum Gasteiger partial charge on any atom is 1.00 e. The molecule has 0 aromatic carbocycles. The second-order valence-corrected chi connectivity index (χ2v) is 9.91. The van der Waals surface area contributed by atoms with Gasteiger partial charge in [-0.05, 0) is 0 Å². The van der Waals surface area contributed by atoms with Gasteiger partial charge in [-0.3, -0.25) is 23.5 Å². The summed E-state index contributed by atoms with van der Waals surface area (Å²) in [7, 11) is -5.01. The maximum absolute atomic E-state index is 12.5. The van der Waals surface area contributed by atoms with Gasteiger partial charge in [-0.25, -0.2) is 14.8 Å². The molecule has 3 aromatic rings. The van der Waals surface area contributed by atoms with E-state index in [4.69, 9.17) is 30.0 Å². The molecular weight excluding hydrogens is 556 g/mol. The fourth-order valence-corrected chi connectivity index (χ4v) is 5.19. The minimum atomic E-state index is -5.01. The Morgan fingerprint density at radius 3 is 2.54 bits per heavy atom. The van der Waals surface area contributed by atoms with E-state index in [0.717, 1.165) is 10.9 Å². The summed E-state index contributed by atoms with van der Waals surface area (Å²) >= 11 is 0. The quantitative estimate of drug-likeness (QED) is 0.122. The average Bonchev–Trinajstić information content (AvgIpc) is 3.54. The van der Waals surface area contributed by atoms with E-state index in [-0.39, 0.29) is 65.5 Å². The van der Waals surface area contributed by atoms with Gasteiger partial charge < -0.3 is 45.1 Å². The Kier molecular flexibility index (Phi) is 8.89. The Labute approximate surface area is 240 Å². The van der Waals surface area contributed by atoms with Gasteiger partial charge in [0, 0.05) is 12.8 Å². The molecule has 7 atom stereocenters. The van der Waals surface area contributed by atoms with Crippen molar-refractivity contribution in [3.05, 3.63) is 33.5 Å². The number of anilines is 2. The second kappa shape index (κ2) is 11.7. The van der Waals surface area contributed by atoms with Crippen LogP contribution in [0.1, 0.15) is 25.3 Å². The summed E-state index contributed by atoms with van der Waals surface area (Å²) in [5.74, 6) is -0.387. The number of aliphatic hydroxyl groups is 2. The Morgan fingerprint density at radius 1 is 1.13 bits per heavy atom. The molecule has 5 rings (SSSR count). The smallest absolute Gasteiger partial charge is 0.756 e. The monoisotopic (exact) mass is 579 g/mol. The fraction of sp³-hybridized carbons (Fsp3) is 0.556. The summed E-state index contributed by atoms with van der Waals surface area (Å²) in [5, 5.41) is 20.0. The van der Waals surface area contributed by atoms with Crippen molar-refractivity contribution >= 4 is 30.9 Å². The van der Waals surface area contributed by atoms with Crippen molar-refractivity contribution in [1.82, 2.24) is 34.1 Å². The van der Waals surface area contributed by atoms with Gasteiger partial charge in [0.15, 0.2) is 11.2 Å². The first-order valence-electron chi connectivity index (χ1n) is 11.2. The number of ether oxygens (including phenoxy) is 2. The topological polar surface area (TPSA) is 281 Å². The Balaban J connectivity index is 0.00000353. The molecule has 0 bridgehead atoms. The van der Waals surface area contributed by atoms with Crippen LogP contribution in [-0.4, -0.2) is 81.9 Å². The first kappa shape index (κ1) is 29.7. The molecule has 0 spiro atoms. The molecule has 0 amide bonds. The number of H-pyrrole nitrogens is 1. The molecule has 2 aliphatic rings. The molecule has 0 radical (unpaired) electrons. The van der Waals surface area contributed by atoms with Crippen LogP contribution in [0.5, 0.6) is 0 Å². The van der Waals surface area contributed by atoms with Gasteiger partial charge in [-0.2, -0.15) is 9.97 Å². The zero-order valence-electron chi connectivity index (χ0n) is 20.4. The van der Waals surface area contributed by atoms with Crippen LogP contribution in [0.15, 0.2) is 22.2 Å². The van der Waals surface area contributed by atoms with Crippen LogP contribution in [0, 0.1) is 0 Å². The van der Waals surface area contributed by atoms with E-state index in [1.807, 2.05) is 0 Å². The van der Waals surface area contributed by atoms with E-state index in [2.05, 4.69) is 24.9 Å². The van der Waals surface area contributed by atoms with E-state index >= 15 is 0 Å². The second-order valence-electron chi connectivity index (χ2n) is 8.55. The van der Waals surface area contributed by atoms with Gasteiger partial charge in [-0.1, -0.05) is 0 Å². The zero-order valence-corrected chi connectivity index (χ0v) is 23.3. The molecule has 2 fully saturated rings. The minimum absolute atomic E-state index is 0. The van der Waals surface area contributed by atoms with Gasteiger partial charge in [0.25, 0.3) is 13.4 Å². The number of hydrogen-bond acceptors (Lipinski definition) is 16. The first-order chi connectivity index (χ1) is 18.0. The molecule has 19 nitrogen and oxygen atoms in total. The van der Waals surface area contributed by atoms with Crippen molar-refractivity contribution < 1.29 is 67.8 Å². The molecule has 21 heteroatoms. The molecule has 0 aliphatic carbocycles. The van der Waals surface area contributed by atoms with Gasteiger partial charge in [0.05, 0.1) is 31.7 Å². The third-order valence-corrected chi connectivity index (χ3v) is 7.04. The predicted molar refractivity (Wildman–Crippen MR) is 122 cm³/mol. The summed E-state index contributed by atoms with van der Waals surface area (Å²) in [5.41, 5.74) is 9.76. The summed E-state index contributed by atoms with van der Waals surface area (Å²) in [6.45, 7) is -1.22. The van der Waals surface area contributed by atoms with Gasteiger partial charge in [0.1, 0.15) is 31.0 Å². The van der Waals surface area contributed by atoms with Crippen LogP contribution in [0.25, 0.3) is 11.2 Å². The summed E-state index contributed by atoms with van der Waals surface area (Å²) in [6, 6.07) is 0.